The molecule has 4 nitrogen and oxygen atoms in total. The number of carbonyl (C=O) groups excluding carboxylic acids is 2. The second-order valence-electron chi connectivity index (χ2n) is 6.27. The van der Waals surface area contributed by atoms with Crippen LogP contribution in [0.15, 0.2) is 47.5 Å². The van der Waals surface area contributed by atoms with Gasteiger partial charge in [-0.15, -0.1) is 0 Å². The first-order valence-corrected chi connectivity index (χ1v) is 8.91. The number of hydrogen-bond acceptors (Lipinski definition) is 3. The molecular weight excluding hydrogens is 350 g/mol. The Balaban J connectivity index is 2.05. The van der Waals surface area contributed by atoms with Gasteiger partial charge in [0.15, 0.2) is 0 Å². The zero-order valence-corrected chi connectivity index (χ0v) is 15.8. The number of ether oxygens (including phenoxy) is 1. The van der Waals surface area contributed by atoms with Crippen LogP contribution in [0.5, 0.6) is 5.75 Å². The number of hydrogen-bond donors (Lipinski definition) is 0. The van der Waals surface area contributed by atoms with Gasteiger partial charge in [-0.2, -0.15) is 0 Å². The Labute approximate surface area is 158 Å². The molecule has 134 valence electrons. The van der Waals surface area contributed by atoms with Crippen LogP contribution in [0.4, 0.5) is 5.69 Å². The smallest absolute Gasteiger partial charge is 0.277 e. The first-order valence-electron chi connectivity index (χ1n) is 8.53. The van der Waals surface area contributed by atoms with Crippen LogP contribution < -0.4 is 9.64 Å². The van der Waals surface area contributed by atoms with Gasteiger partial charge in [-0.1, -0.05) is 54.4 Å². The molecule has 0 fully saturated rings. The number of rotatable bonds is 5. The Morgan fingerprint density at radius 1 is 1.04 bits per heavy atom. The molecule has 0 aromatic heterocycles. The maximum Gasteiger partial charge on any atom is 0.277 e. The summed E-state index contributed by atoms with van der Waals surface area (Å²) in [6.45, 7) is 6.37. The van der Waals surface area contributed by atoms with E-state index in [0.717, 1.165) is 22.4 Å². The Kier molecular flexibility index (Phi) is 5.14. The molecule has 2 aromatic carbocycles. The Bertz CT molecular complexity index is 917. The van der Waals surface area contributed by atoms with E-state index >= 15 is 0 Å². The molecule has 2 aromatic rings. The number of anilines is 1. The molecule has 1 aliphatic heterocycles. The molecule has 3 rings (SSSR count). The lowest BCUT2D eigenvalue weighted by molar-refractivity contribution is -0.119. The third-order valence-electron chi connectivity index (χ3n) is 4.25. The number of benzene rings is 2. The van der Waals surface area contributed by atoms with Crippen LogP contribution in [0.1, 0.15) is 30.0 Å². The fourth-order valence-corrected chi connectivity index (χ4v) is 3.29. The van der Waals surface area contributed by atoms with E-state index in [4.69, 9.17) is 16.3 Å². The van der Waals surface area contributed by atoms with E-state index in [9.17, 15) is 9.59 Å². The van der Waals surface area contributed by atoms with E-state index in [1.807, 2.05) is 39.0 Å². The number of halogens is 1. The zero-order valence-electron chi connectivity index (χ0n) is 15.0. The predicted octanol–water partition coefficient (Wildman–Crippen LogP) is 4.62. The molecule has 2 amide bonds. The lowest BCUT2D eigenvalue weighted by Gasteiger charge is -2.19. The van der Waals surface area contributed by atoms with Crippen molar-refractivity contribution in [3.05, 3.63) is 64.2 Å². The summed E-state index contributed by atoms with van der Waals surface area (Å²) in [5, 5.41) is -0.0627. The minimum atomic E-state index is -0.529. The van der Waals surface area contributed by atoms with Crippen molar-refractivity contribution in [3.8, 4) is 5.75 Å². The minimum Gasteiger partial charge on any atom is -0.491 e. The van der Waals surface area contributed by atoms with Gasteiger partial charge in [0.25, 0.3) is 11.8 Å². The van der Waals surface area contributed by atoms with Gasteiger partial charge in [0.1, 0.15) is 10.8 Å². The normalized spacial score (nSPS) is 14.4. The van der Waals surface area contributed by atoms with Crippen molar-refractivity contribution >= 4 is 34.7 Å². The lowest BCUT2D eigenvalue weighted by Crippen LogP contribution is -2.31. The molecule has 0 radical (unpaired) electrons. The van der Waals surface area contributed by atoms with Gasteiger partial charge in [0.2, 0.25) is 0 Å². The molecule has 1 aliphatic rings. The van der Waals surface area contributed by atoms with E-state index in [1.165, 1.54) is 0 Å². The Hall–Kier alpha value is -2.59. The molecule has 26 heavy (non-hydrogen) atoms. The van der Waals surface area contributed by atoms with Crippen LogP contribution in [0.3, 0.4) is 0 Å². The van der Waals surface area contributed by atoms with E-state index in [-0.39, 0.29) is 10.6 Å². The predicted molar refractivity (Wildman–Crippen MR) is 103 cm³/mol. The molecule has 0 saturated carbocycles. The summed E-state index contributed by atoms with van der Waals surface area (Å²) in [5.74, 6) is -0.471. The van der Waals surface area contributed by atoms with Crippen LogP contribution in [-0.2, 0) is 9.59 Å². The summed E-state index contributed by atoms with van der Waals surface area (Å²) in [6.07, 6.45) is 0.822. The highest BCUT2D eigenvalue weighted by molar-refractivity contribution is 6.60. The highest BCUT2D eigenvalue weighted by Crippen LogP contribution is 2.39. The summed E-state index contributed by atoms with van der Waals surface area (Å²) in [7, 11) is 0. The fourth-order valence-electron chi connectivity index (χ4n) is 3.03. The van der Waals surface area contributed by atoms with Gasteiger partial charge >= 0.3 is 0 Å². The molecule has 0 bridgehead atoms. The quantitative estimate of drug-likeness (QED) is 0.723. The molecule has 0 unspecified atom stereocenters. The second-order valence-corrected chi connectivity index (χ2v) is 6.65. The minimum absolute atomic E-state index is 0.0627. The van der Waals surface area contributed by atoms with Gasteiger partial charge in [-0.3, -0.25) is 9.59 Å². The average Bonchev–Trinajstić information content (AvgIpc) is 2.83. The zero-order chi connectivity index (χ0) is 18.8. The highest BCUT2D eigenvalue weighted by atomic mass is 35.5. The third kappa shape index (κ3) is 3.13. The largest absolute Gasteiger partial charge is 0.491 e. The molecule has 5 heteroatoms. The summed E-state index contributed by atoms with van der Waals surface area (Å²) in [5.41, 5.74) is 3.30. The molecular formula is C21H20ClNO3. The fraction of sp³-hybridized carbons (Fsp3) is 0.238. The van der Waals surface area contributed by atoms with Crippen LogP contribution in [0.2, 0.25) is 0 Å². The topological polar surface area (TPSA) is 46.6 Å². The number of aryl methyl sites for hydroxylation is 2. The van der Waals surface area contributed by atoms with Crippen molar-refractivity contribution in [3.63, 3.8) is 0 Å². The second kappa shape index (κ2) is 7.34. The Morgan fingerprint density at radius 2 is 1.77 bits per heavy atom. The number of amides is 2. The van der Waals surface area contributed by atoms with Crippen LogP contribution in [0, 0.1) is 13.8 Å². The number of para-hydroxylation sites is 2. The molecule has 0 saturated heterocycles. The molecule has 0 atom stereocenters. The van der Waals surface area contributed by atoms with Crippen molar-refractivity contribution in [1.29, 1.82) is 0 Å². The van der Waals surface area contributed by atoms with Gasteiger partial charge in [-0.25, -0.2) is 4.90 Å². The number of nitrogens with zero attached hydrogens (tertiary/aromatic N) is 1. The van der Waals surface area contributed by atoms with Gasteiger partial charge in [0, 0.05) is 0 Å². The van der Waals surface area contributed by atoms with E-state index in [0.29, 0.717) is 23.6 Å². The van der Waals surface area contributed by atoms with Gasteiger partial charge in [-0.05, 0) is 43.5 Å². The van der Waals surface area contributed by atoms with E-state index < -0.39 is 11.8 Å². The average molecular weight is 370 g/mol. The summed E-state index contributed by atoms with van der Waals surface area (Å²) in [6, 6.07) is 12.7. The summed E-state index contributed by atoms with van der Waals surface area (Å²) >= 11 is 6.30. The van der Waals surface area contributed by atoms with Crippen molar-refractivity contribution in [2.24, 2.45) is 0 Å². The van der Waals surface area contributed by atoms with Crippen LogP contribution >= 0.6 is 11.6 Å². The van der Waals surface area contributed by atoms with Crippen LogP contribution in [-0.4, -0.2) is 18.4 Å². The molecule has 0 aliphatic carbocycles. The van der Waals surface area contributed by atoms with Crippen molar-refractivity contribution < 1.29 is 14.3 Å². The monoisotopic (exact) mass is 369 g/mol. The van der Waals surface area contributed by atoms with Crippen molar-refractivity contribution in [2.75, 3.05) is 11.5 Å². The summed E-state index contributed by atoms with van der Waals surface area (Å²) < 4.78 is 5.70. The summed E-state index contributed by atoms with van der Waals surface area (Å²) in [4.78, 5) is 27.0. The molecule has 1 heterocycles. The molecule has 0 N–H and O–H groups in total. The maximum atomic E-state index is 13.1. The van der Waals surface area contributed by atoms with Gasteiger partial charge < -0.3 is 4.74 Å². The molecule has 0 spiro atoms. The number of imide groups is 1. The van der Waals surface area contributed by atoms with Gasteiger partial charge in [0.05, 0.1) is 17.9 Å². The lowest BCUT2D eigenvalue weighted by atomic mass is 9.99. The van der Waals surface area contributed by atoms with E-state index in [1.54, 1.807) is 24.3 Å². The maximum absolute atomic E-state index is 13.1. The Morgan fingerprint density at radius 3 is 2.46 bits per heavy atom. The number of carbonyl (C=O) groups is 2. The first-order chi connectivity index (χ1) is 12.5. The SMILES string of the molecule is CCCOc1ccccc1N1C(=O)C(Cl)=C(c2ccc(C)cc2C)C1=O. The van der Waals surface area contributed by atoms with E-state index in [2.05, 4.69) is 0 Å². The first kappa shape index (κ1) is 18.2. The van der Waals surface area contributed by atoms with Crippen molar-refractivity contribution in [2.45, 2.75) is 27.2 Å². The van der Waals surface area contributed by atoms with Crippen molar-refractivity contribution in [1.82, 2.24) is 0 Å². The standard InChI is InChI=1S/C21H20ClNO3/c1-4-11-26-17-8-6-5-7-16(17)23-20(24)18(19(22)21(23)25)15-10-9-13(2)12-14(15)3/h5-10,12H,4,11H2,1-3H3. The highest BCUT2D eigenvalue weighted by Gasteiger charge is 2.40. The third-order valence-corrected chi connectivity index (χ3v) is 4.60. The van der Waals surface area contributed by atoms with Crippen LogP contribution in [0.25, 0.3) is 5.57 Å².